The van der Waals surface area contributed by atoms with E-state index in [4.69, 9.17) is 0 Å². The van der Waals surface area contributed by atoms with Crippen molar-refractivity contribution in [3.8, 4) is 44.5 Å². The van der Waals surface area contributed by atoms with Crippen molar-refractivity contribution >= 4 is 27.8 Å². The molecule has 10 rings (SSSR count). The van der Waals surface area contributed by atoms with Crippen LogP contribution < -0.4 is 4.90 Å². The van der Waals surface area contributed by atoms with Gasteiger partial charge in [-0.05, 0) is 128 Å². The number of anilines is 3. The van der Waals surface area contributed by atoms with Gasteiger partial charge in [-0.1, -0.05) is 159 Å². The van der Waals surface area contributed by atoms with Crippen LogP contribution >= 0.6 is 0 Å². The Labute approximate surface area is 319 Å². The maximum absolute atomic E-state index is 2.49. The highest BCUT2D eigenvalue weighted by Crippen LogP contribution is 2.52. The van der Waals surface area contributed by atoms with Crippen molar-refractivity contribution in [1.29, 1.82) is 0 Å². The fourth-order valence-electron chi connectivity index (χ4n) is 9.18. The molecule has 0 aliphatic heterocycles. The Bertz CT molecular complexity index is 2660. The molecule has 0 radical (unpaired) electrons. The number of rotatable bonds is 6. The lowest BCUT2D eigenvalue weighted by molar-refractivity contribution is 0.660. The fraction of sp³-hybridized carbons (Fsp3) is 0.132. The van der Waals surface area contributed by atoms with E-state index >= 15 is 0 Å². The van der Waals surface area contributed by atoms with E-state index in [0.717, 1.165) is 17.1 Å². The second-order valence-electron chi connectivity index (χ2n) is 15.6. The Balaban J connectivity index is 1.16. The van der Waals surface area contributed by atoms with Crippen LogP contribution in [-0.4, -0.2) is 0 Å². The second kappa shape index (κ2) is 13.0. The molecular formula is C53H43N. The maximum atomic E-state index is 2.49. The van der Waals surface area contributed by atoms with E-state index in [0.29, 0.717) is 0 Å². The predicted molar refractivity (Wildman–Crippen MR) is 229 cm³/mol. The van der Waals surface area contributed by atoms with Crippen LogP contribution in [0.4, 0.5) is 17.1 Å². The normalized spacial score (nSPS) is 14.0. The zero-order valence-electron chi connectivity index (χ0n) is 31.0. The number of nitrogens with zero attached hydrogens (tertiary/aromatic N) is 1. The lowest BCUT2D eigenvalue weighted by atomic mass is 9.82. The summed E-state index contributed by atoms with van der Waals surface area (Å²) in [6.07, 6.45) is 4.98. The molecule has 0 saturated carbocycles. The van der Waals surface area contributed by atoms with Gasteiger partial charge in [-0.25, -0.2) is 0 Å². The molecule has 0 saturated heterocycles. The van der Waals surface area contributed by atoms with Crippen LogP contribution in [0.15, 0.2) is 176 Å². The van der Waals surface area contributed by atoms with E-state index in [9.17, 15) is 0 Å². The molecule has 0 heterocycles. The summed E-state index contributed by atoms with van der Waals surface area (Å²) >= 11 is 0. The first-order valence-corrected chi connectivity index (χ1v) is 19.5. The monoisotopic (exact) mass is 693 g/mol. The van der Waals surface area contributed by atoms with E-state index in [2.05, 4.69) is 195 Å². The van der Waals surface area contributed by atoms with E-state index in [-0.39, 0.29) is 5.41 Å². The first-order valence-electron chi connectivity index (χ1n) is 19.5. The van der Waals surface area contributed by atoms with Crippen molar-refractivity contribution in [2.45, 2.75) is 44.9 Å². The molecule has 0 atom stereocenters. The second-order valence-corrected chi connectivity index (χ2v) is 15.6. The highest BCUT2D eigenvalue weighted by Gasteiger charge is 2.36. The summed E-state index contributed by atoms with van der Waals surface area (Å²) < 4.78 is 0. The third kappa shape index (κ3) is 5.46. The molecule has 54 heavy (non-hydrogen) atoms. The van der Waals surface area contributed by atoms with E-state index in [1.54, 1.807) is 0 Å². The van der Waals surface area contributed by atoms with E-state index in [1.165, 1.54) is 103 Å². The van der Waals surface area contributed by atoms with Gasteiger partial charge in [0.15, 0.2) is 0 Å². The number of fused-ring (bicyclic) bond motifs is 5. The number of aryl methyl sites for hydroxylation is 2. The van der Waals surface area contributed by atoms with Crippen LogP contribution in [0.2, 0.25) is 0 Å². The van der Waals surface area contributed by atoms with Gasteiger partial charge in [0, 0.05) is 22.4 Å². The van der Waals surface area contributed by atoms with E-state index < -0.39 is 0 Å². The number of hydrogen-bond acceptors (Lipinski definition) is 1. The molecule has 1 nitrogen and oxygen atoms in total. The van der Waals surface area contributed by atoms with Gasteiger partial charge in [-0.15, -0.1) is 0 Å². The predicted octanol–water partition coefficient (Wildman–Crippen LogP) is 14.5. The lowest BCUT2D eigenvalue weighted by Gasteiger charge is -2.30. The van der Waals surface area contributed by atoms with Gasteiger partial charge < -0.3 is 4.90 Å². The van der Waals surface area contributed by atoms with Crippen LogP contribution in [0.1, 0.15) is 48.9 Å². The molecule has 0 bridgehead atoms. The molecule has 0 amide bonds. The average molecular weight is 694 g/mol. The van der Waals surface area contributed by atoms with Gasteiger partial charge in [0.1, 0.15) is 0 Å². The molecule has 0 N–H and O–H groups in total. The van der Waals surface area contributed by atoms with Gasteiger partial charge in [0.05, 0.1) is 5.69 Å². The van der Waals surface area contributed by atoms with Crippen LogP contribution in [0.25, 0.3) is 55.3 Å². The molecule has 0 fully saturated rings. The average Bonchev–Trinajstić information content (AvgIpc) is 3.46. The maximum Gasteiger partial charge on any atom is 0.0546 e. The smallest absolute Gasteiger partial charge is 0.0546 e. The molecule has 2 aliphatic carbocycles. The quantitative estimate of drug-likeness (QED) is 0.168. The Morgan fingerprint density at radius 3 is 1.87 bits per heavy atom. The van der Waals surface area contributed by atoms with Gasteiger partial charge in [-0.2, -0.15) is 0 Å². The number of hydrogen-bond donors (Lipinski definition) is 0. The first-order chi connectivity index (χ1) is 26.5. The fourth-order valence-corrected chi connectivity index (χ4v) is 9.18. The summed E-state index contributed by atoms with van der Waals surface area (Å²) in [6, 6.07) is 65.6. The Kier molecular flexibility index (Phi) is 7.84. The van der Waals surface area contributed by atoms with Gasteiger partial charge >= 0.3 is 0 Å². The van der Waals surface area contributed by atoms with Crippen molar-refractivity contribution in [1.82, 2.24) is 0 Å². The molecule has 8 aromatic rings. The minimum atomic E-state index is -0.108. The zero-order chi connectivity index (χ0) is 36.2. The Morgan fingerprint density at radius 1 is 0.426 bits per heavy atom. The summed E-state index contributed by atoms with van der Waals surface area (Å²) in [6.45, 7) is 4.74. The Morgan fingerprint density at radius 2 is 1.04 bits per heavy atom. The molecule has 260 valence electrons. The number of benzene rings is 8. The summed E-state index contributed by atoms with van der Waals surface area (Å²) in [7, 11) is 0. The van der Waals surface area contributed by atoms with Crippen molar-refractivity contribution in [3.05, 3.63) is 198 Å². The molecule has 0 unspecified atom stereocenters. The van der Waals surface area contributed by atoms with Crippen LogP contribution in [-0.2, 0) is 18.3 Å². The third-order valence-electron chi connectivity index (χ3n) is 12.1. The van der Waals surface area contributed by atoms with Gasteiger partial charge in [0.2, 0.25) is 0 Å². The van der Waals surface area contributed by atoms with Gasteiger partial charge in [-0.3, -0.25) is 0 Å². The molecule has 0 aromatic heterocycles. The minimum absolute atomic E-state index is 0.108. The standard InChI is InChI=1S/C53H43N/c1-53(2)49-19-11-10-18-47(49)48-32-31-45(35-50(48)53)54(44-29-26-39(27-30-44)43-25-22-37-14-6-7-16-42(37)34-43)51-33-28-40-15-8-9-17-46(40)52(51)41-23-20-38(21-24-41)36-12-4-3-5-13-36/h3-5,8-13,15,17-35H,6-7,14,16H2,1-2H3. The highest BCUT2D eigenvalue weighted by molar-refractivity contribution is 6.05. The van der Waals surface area contributed by atoms with Gasteiger partial charge in [0.25, 0.3) is 0 Å². The van der Waals surface area contributed by atoms with Crippen LogP contribution in [0.3, 0.4) is 0 Å². The summed E-state index contributed by atoms with van der Waals surface area (Å²) in [4.78, 5) is 2.49. The molecule has 1 heteroatoms. The van der Waals surface area contributed by atoms with E-state index in [1.807, 2.05) is 0 Å². The molecular weight excluding hydrogens is 651 g/mol. The summed E-state index contributed by atoms with van der Waals surface area (Å²) in [5, 5.41) is 2.48. The molecule has 8 aromatic carbocycles. The van der Waals surface area contributed by atoms with Crippen molar-refractivity contribution in [2.75, 3.05) is 4.90 Å². The molecule has 0 spiro atoms. The van der Waals surface area contributed by atoms with Crippen LogP contribution in [0, 0.1) is 0 Å². The zero-order valence-corrected chi connectivity index (χ0v) is 31.0. The molecule has 2 aliphatic rings. The SMILES string of the molecule is CC1(C)c2ccccc2-c2ccc(N(c3ccc(-c4ccc5c(c4)CCCC5)cc3)c3ccc4ccccc4c3-c3ccc(-c4ccccc4)cc3)cc21. The lowest BCUT2D eigenvalue weighted by Crippen LogP contribution is -2.17. The third-order valence-corrected chi connectivity index (χ3v) is 12.1. The topological polar surface area (TPSA) is 3.24 Å². The largest absolute Gasteiger partial charge is 0.310 e. The van der Waals surface area contributed by atoms with Crippen molar-refractivity contribution in [3.63, 3.8) is 0 Å². The minimum Gasteiger partial charge on any atom is -0.310 e. The summed E-state index contributed by atoms with van der Waals surface area (Å²) in [5.41, 5.74) is 19.3. The first kappa shape index (κ1) is 32.5. The van der Waals surface area contributed by atoms with Crippen molar-refractivity contribution in [2.24, 2.45) is 0 Å². The summed E-state index contributed by atoms with van der Waals surface area (Å²) in [5.74, 6) is 0. The van der Waals surface area contributed by atoms with Crippen LogP contribution in [0.5, 0.6) is 0 Å². The van der Waals surface area contributed by atoms with Crippen molar-refractivity contribution < 1.29 is 0 Å². The highest BCUT2D eigenvalue weighted by atomic mass is 15.1. The Hall–Kier alpha value is -6.18.